The lowest BCUT2D eigenvalue weighted by molar-refractivity contribution is 0.411. The van der Waals surface area contributed by atoms with Gasteiger partial charge < -0.3 is 4.74 Å². The van der Waals surface area contributed by atoms with Gasteiger partial charge in [-0.15, -0.1) is 0 Å². The first-order valence-electron chi connectivity index (χ1n) is 6.05. The molecule has 0 saturated heterocycles. The molecule has 1 aromatic carbocycles. The third-order valence-corrected chi connectivity index (χ3v) is 4.26. The fourth-order valence-electron chi connectivity index (χ4n) is 1.81. The minimum atomic E-state index is -3.37. The van der Waals surface area contributed by atoms with Crippen LogP contribution in [0.15, 0.2) is 29.1 Å². The summed E-state index contributed by atoms with van der Waals surface area (Å²) in [5.41, 5.74) is 0.0343. The molecular formula is C12H16N4O4S. The Bertz CT molecular complexity index is 794. The normalized spacial score (nSPS) is 11.8. The number of para-hydroxylation sites is 2. The number of rotatable bonds is 5. The van der Waals surface area contributed by atoms with Gasteiger partial charge in [0, 0.05) is 7.05 Å². The van der Waals surface area contributed by atoms with E-state index in [1.165, 1.54) is 18.7 Å². The zero-order valence-electron chi connectivity index (χ0n) is 11.9. The van der Waals surface area contributed by atoms with Gasteiger partial charge in [-0.05, 0) is 12.1 Å². The number of hydrogen-bond acceptors (Lipinski definition) is 5. The largest absolute Gasteiger partial charge is 0.495 e. The van der Waals surface area contributed by atoms with Gasteiger partial charge in [0.15, 0.2) is 5.82 Å². The number of H-pyrrole nitrogens is 1. The zero-order chi connectivity index (χ0) is 15.6. The molecule has 2 aromatic rings. The monoisotopic (exact) mass is 312 g/mol. The maximum atomic E-state index is 12.0. The van der Waals surface area contributed by atoms with Crippen molar-refractivity contribution in [1.82, 2.24) is 19.1 Å². The Morgan fingerprint density at radius 3 is 2.67 bits per heavy atom. The van der Waals surface area contributed by atoms with Crippen LogP contribution >= 0.6 is 0 Å². The maximum Gasteiger partial charge on any atom is 0.348 e. The Balaban J connectivity index is 2.51. The van der Waals surface area contributed by atoms with Crippen molar-refractivity contribution in [3.63, 3.8) is 0 Å². The fraction of sp³-hybridized carbons (Fsp3) is 0.333. The topological polar surface area (TPSA) is 97.3 Å². The molecule has 0 aliphatic heterocycles. The molecule has 0 fully saturated rings. The molecular weight excluding hydrogens is 296 g/mol. The molecule has 0 spiro atoms. The van der Waals surface area contributed by atoms with Crippen molar-refractivity contribution >= 4 is 10.0 Å². The quantitative estimate of drug-likeness (QED) is 0.835. The first kappa shape index (κ1) is 15.3. The van der Waals surface area contributed by atoms with Crippen LogP contribution in [-0.4, -0.2) is 47.9 Å². The molecule has 21 heavy (non-hydrogen) atoms. The number of nitrogens with zero attached hydrogens (tertiary/aromatic N) is 3. The summed E-state index contributed by atoms with van der Waals surface area (Å²) in [5, 5.41) is 6.21. The van der Waals surface area contributed by atoms with E-state index >= 15 is 0 Å². The average Bonchev–Trinajstić information content (AvgIpc) is 2.78. The highest BCUT2D eigenvalue weighted by atomic mass is 32.2. The second kappa shape index (κ2) is 5.70. The molecule has 1 aromatic heterocycles. The molecule has 0 aliphatic rings. The Morgan fingerprint density at radius 1 is 1.38 bits per heavy atom. The number of benzene rings is 1. The molecule has 0 atom stereocenters. The fourth-order valence-corrected chi connectivity index (χ4v) is 2.16. The first-order chi connectivity index (χ1) is 9.84. The summed E-state index contributed by atoms with van der Waals surface area (Å²) in [5.74, 6) is 0.765. The van der Waals surface area contributed by atoms with Crippen LogP contribution in [-0.2, 0) is 16.6 Å². The summed E-state index contributed by atoms with van der Waals surface area (Å²) < 4.78 is 30.6. The van der Waals surface area contributed by atoms with E-state index in [9.17, 15) is 13.2 Å². The summed E-state index contributed by atoms with van der Waals surface area (Å²) in [4.78, 5) is 12.0. The van der Waals surface area contributed by atoms with Crippen molar-refractivity contribution in [3.8, 4) is 11.4 Å². The first-order valence-corrected chi connectivity index (χ1v) is 7.90. The summed E-state index contributed by atoms with van der Waals surface area (Å²) >= 11 is 0. The van der Waals surface area contributed by atoms with E-state index in [-0.39, 0.29) is 12.4 Å². The Kier molecular flexibility index (Phi) is 4.14. The van der Waals surface area contributed by atoms with E-state index < -0.39 is 15.7 Å². The second-order valence-electron chi connectivity index (χ2n) is 4.47. The number of hydrogen-bond donors (Lipinski definition) is 1. The van der Waals surface area contributed by atoms with Crippen molar-refractivity contribution in [2.45, 2.75) is 6.54 Å². The standard InChI is InChI=1S/C12H16N4O4S/c1-15(21(3,18)19)8-11-13-14-12(17)16(11)9-6-4-5-7-10(9)20-2/h4-7H,8H2,1-3H3,(H,14,17). The third-order valence-electron chi connectivity index (χ3n) is 3.00. The van der Waals surface area contributed by atoms with Crippen LogP contribution in [0.4, 0.5) is 0 Å². The predicted molar refractivity (Wildman–Crippen MR) is 77.0 cm³/mol. The molecule has 0 bridgehead atoms. The highest BCUT2D eigenvalue weighted by Crippen LogP contribution is 2.21. The molecule has 0 radical (unpaired) electrons. The van der Waals surface area contributed by atoms with E-state index in [2.05, 4.69) is 10.2 Å². The lowest BCUT2D eigenvalue weighted by Gasteiger charge is -2.15. The summed E-state index contributed by atoms with van der Waals surface area (Å²) in [6, 6.07) is 6.93. The predicted octanol–water partition coefficient (Wildman–Crippen LogP) is -0.0394. The van der Waals surface area contributed by atoms with Crippen LogP contribution in [0.25, 0.3) is 5.69 Å². The van der Waals surface area contributed by atoms with Crippen LogP contribution in [0.1, 0.15) is 5.82 Å². The van der Waals surface area contributed by atoms with Crippen molar-refractivity contribution in [2.24, 2.45) is 0 Å². The van der Waals surface area contributed by atoms with Crippen molar-refractivity contribution in [3.05, 3.63) is 40.6 Å². The lowest BCUT2D eigenvalue weighted by atomic mass is 10.3. The van der Waals surface area contributed by atoms with Gasteiger partial charge in [0.25, 0.3) is 0 Å². The Labute approximate surface area is 122 Å². The molecule has 0 amide bonds. The van der Waals surface area contributed by atoms with Crippen molar-refractivity contribution in [2.75, 3.05) is 20.4 Å². The van der Waals surface area contributed by atoms with Crippen LogP contribution in [0.3, 0.4) is 0 Å². The third kappa shape index (κ3) is 3.14. The van der Waals surface area contributed by atoms with Gasteiger partial charge in [-0.2, -0.15) is 9.40 Å². The number of nitrogens with one attached hydrogen (secondary N) is 1. The SMILES string of the molecule is COc1ccccc1-n1c(CN(C)S(C)(=O)=O)n[nH]c1=O. The number of ether oxygens (including phenoxy) is 1. The van der Waals surface area contributed by atoms with Gasteiger partial charge in [0.05, 0.1) is 25.6 Å². The number of methoxy groups -OCH3 is 1. The highest BCUT2D eigenvalue weighted by Gasteiger charge is 2.19. The summed E-state index contributed by atoms with van der Waals surface area (Å²) in [7, 11) is -0.464. The molecule has 0 saturated carbocycles. The van der Waals surface area contributed by atoms with E-state index in [4.69, 9.17) is 4.74 Å². The number of aromatic nitrogens is 3. The molecule has 8 nitrogen and oxygen atoms in total. The van der Waals surface area contributed by atoms with E-state index in [0.717, 1.165) is 10.6 Å². The van der Waals surface area contributed by atoms with Crippen LogP contribution in [0.5, 0.6) is 5.75 Å². The summed E-state index contributed by atoms with van der Waals surface area (Å²) in [6.45, 7) is -0.0321. The van der Waals surface area contributed by atoms with Crippen LogP contribution < -0.4 is 10.4 Å². The molecule has 9 heteroatoms. The van der Waals surface area contributed by atoms with Gasteiger partial charge in [0.1, 0.15) is 5.75 Å². The van der Waals surface area contributed by atoms with Crippen LogP contribution in [0.2, 0.25) is 0 Å². The van der Waals surface area contributed by atoms with Gasteiger partial charge in [-0.25, -0.2) is 22.9 Å². The number of sulfonamides is 1. The molecule has 114 valence electrons. The Hall–Kier alpha value is -2.13. The smallest absolute Gasteiger partial charge is 0.348 e. The van der Waals surface area contributed by atoms with E-state index in [1.54, 1.807) is 24.3 Å². The van der Waals surface area contributed by atoms with Crippen LogP contribution in [0, 0.1) is 0 Å². The van der Waals surface area contributed by atoms with Crippen molar-refractivity contribution in [1.29, 1.82) is 0 Å². The van der Waals surface area contributed by atoms with Gasteiger partial charge in [0.2, 0.25) is 10.0 Å². The summed E-state index contributed by atoms with van der Waals surface area (Å²) in [6.07, 6.45) is 1.09. The molecule has 1 N–H and O–H groups in total. The lowest BCUT2D eigenvalue weighted by Crippen LogP contribution is -2.28. The average molecular weight is 312 g/mol. The van der Waals surface area contributed by atoms with E-state index in [1.807, 2.05) is 0 Å². The molecule has 0 aliphatic carbocycles. The molecule has 2 rings (SSSR count). The minimum Gasteiger partial charge on any atom is -0.495 e. The molecule has 0 unspecified atom stereocenters. The highest BCUT2D eigenvalue weighted by molar-refractivity contribution is 7.88. The van der Waals surface area contributed by atoms with Gasteiger partial charge >= 0.3 is 5.69 Å². The molecule has 1 heterocycles. The maximum absolute atomic E-state index is 12.0. The number of aromatic amines is 1. The van der Waals surface area contributed by atoms with Gasteiger partial charge in [-0.3, -0.25) is 0 Å². The zero-order valence-corrected chi connectivity index (χ0v) is 12.7. The van der Waals surface area contributed by atoms with Gasteiger partial charge in [-0.1, -0.05) is 12.1 Å². The van der Waals surface area contributed by atoms with Crippen molar-refractivity contribution < 1.29 is 13.2 Å². The second-order valence-corrected chi connectivity index (χ2v) is 6.56. The van der Waals surface area contributed by atoms with E-state index in [0.29, 0.717) is 11.4 Å². The Morgan fingerprint density at radius 2 is 2.05 bits per heavy atom. The minimum absolute atomic E-state index is 0.0321.